The fraction of sp³-hybridized carbons (Fsp3) is 0.974. The lowest BCUT2D eigenvalue weighted by atomic mass is 9.99. The van der Waals surface area contributed by atoms with Crippen molar-refractivity contribution >= 4 is 17.2 Å². The van der Waals surface area contributed by atoms with Crippen LogP contribution in [0.3, 0.4) is 0 Å². The van der Waals surface area contributed by atoms with E-state index < -0.39 is 55.6 Å². The molecule has 10 heteroatoms. The van der Waals surface area contributed by atoms with Gasteiger partial charge >= 0.3 is 0 Å². The van der Waals surface area contributed by atoms with Crippen molar-refractivity contribution in [3.05, 3.63) is 0 Å². The van der Waals surface area contributed by atoms with Gasteiger partial charge in [-0.2, -0.15) is 0 Å². The molecule has 286 valence electrons. The molecule has 0 aromatic heterocycles. The Bertz CT molecular complexity index is 747. The van der Waals surface area contributed by atoms with E-state index in [1.807, 2.05) is 0 Å². The lowest BCUT2D eigenvalue weighted by molar-refractivity contribution is -0.303. The third-order valence-corrected chi connectivity index (χ3v) is 10.2. The normalized spacial score (nSPS) is 23.2. The van der Waals surface area contributed by atoms with Crippen LogP contribution in [0.5, 0.6) is 0 Å². The average molecular weight is 706 g/mol. The van der Waals surface area contributed by atoms with E-state index in [9.17, 15) is 30.6 Å². The Morgan fingerprint density at radius 1 is 0.646 bits per heavy atom. The number of nitrogens with one attached hydrogen (secondary N) is 1. The molecule has 9 nitrogen and oxygen atoms in total. The first-order chi connectivity index (χ1) is 23.3. The van der Waals surface area contributed by atoms with Gasteiger partial charge in [0.05, 0.1) is 30.3 Å². The fourth-order valence-electron chi connectivity index (χ4n) is 6.49. The van der Waals surface area contributed by atoms with E-state index in [2.05, 4.69) is 12.2 Å². The molecule has 0 aliphatic carbocycles. The molecule has 0 spiro atoms. The number of rotatable bonds is 32. The molecule has 1 fully saturated rings. The number of unbranched alkanes of at least 4 members (excludes halogenated alkanes) is 22. The molecule has 0 radical (unpaired) electrons. The molecular formula is C38H75NO8S. The van der Waals surface area contributed by atoms with Crippen molar-refractivity contribution in [1.82, 2.24) is 5.32 Å². The Morgan fingerprint density at radius 2 is 1.06 bits per heavy atom. The van der Waals surface area contributed by atoms with Gasteiger partial charge in [0.1, 0.15) is 30.5 Å². The van der Waals surface area contributed by atoms with Crippen LogP contribution >= 0.6 is 12.2 Å². The molecule has 1 saturated heterocycles. The standard InChI is InChI=1S/C38H75NO8S/c1-3-5-6-7-8-9-10-11-12-13-14-15-16-17-18-19-20-21-22-23-24-25-26-27-33(48)39-30(34(42)31(41)4-2)29-46-38-37(45)36(44)35(43)32(28-40)47-38/h30-32,34-38,40-45H,3-29H2,1-2H3,(H,39,48). The first-order valence-electron chi connectivity index (χ1n) is 19.8. The van der Waals surface area contributed by atoms with Crippen LogP contribution in [0.1, 0.15) is 174 Å². The molecule has 0 saturated carbocycles. The minimum Gasteiger partial charge on any atom is -0.394 e. The third-order valence-electron chi connectivity index (χ3n) is 9.87. The average Bonchev–Trinajstić information content (AvgIpc) is 3.09. The topological polar surface area (TPSA) is 152 Å². The maximum absolute atomic E-state index is 10.7. The molecule has 1 aliphatic rings. The Balaban J connectivity index is 2.06. The predicted octanol–water partition coefficient (Wildman–Crippen LogP) is 6.60. The van der Waals surface area contributed by atoms with Gasteiger partial charge in [-0.15, -0.1) is 0 Å². The zero-order valence-electron chi connectivity index (χ0n) is 30.6. The quantitative estimate of drug-likeness (QED) is 0.0301. The highest BCUT2D eigenvalue weighted by Gasteiger charge is 2.44. The number of aliphatic hydroxyl groups is 6. The van der Waals surface area contributed by atoms with Crippen LogP contribution in [0, 0.1) is 0 Å². The highest BCUT2D eigenvalue weighted by atomic mass is 32.1. The highest BCUT2D eigenvalue weighted by Crippen LogP contribution is 2.23. The van der Waals surface area contributed by atoms with Crippen molar-refractivity contribution in [2.75, 3.05) is 13.2 Å². The van der Waals surface area contributed by atoms with Crippen molar-refractivity contribution in [2.45, 2.75) is 223 Å². The van der Waals surface area contributed by atoms with E-state index in [0.717, 1.165) is 12.8 Å². The van der Waals surface area contributed by atoms with Gasteiger partial charge in [0.15, 0.2) is 6.29 Å². The Morgan fingerprint density at radius 3 is 1.46 bits per heavy atom. The van der Waals surface area contributed by atoms with Crippen LogP contribution in [0.2, 0.25) is 0 Å². The molecule has 0 amide bonds. The van der Waals surface area contributed by atoms with Crippen LogP contribution < -0.4 is 5.32 Å². The predicted molar refractivity (Wildman–Crippen MR) is 198 cm³/mol. The molecular weight excluding hydrogens is 630 g/mol. The van der Waals surface area contributed by atoms with E-state index in [-0.39, 0.29) is 6.61 Å². The molecule has 1 heterocycles. The molecule has 7 N–H and O–H groups in total. The first kappa shape index (κ1) is 45.6. The minimum absolute atomic E-state index is 0.180. The Kier molecular flexibility index (Phi) is 28.7. The van der Waals surface area contributed by atoms with Gasteiger partial charge in [0, 0.05) is 0 Å². The molecule has 1 rings (SSSR count). The number of aliphatic hydroxyl groups excluding tert-OH is 6. The summed E-state index contributed by atoms with van der Waals surface area (Å²) < 4.78 is 11.0. The van der Waals surface area contributed by atoms with Crippen LogP contribution in [-0.4, -0.2) is 97.8 Å². The fourth-order valence-corrected chi connectivity index (χ4v) is 6.78. The van der Waals surface area contributed by atoms with Crippen molar-refractivity contribution in [2.24, 2.45) is 0 Å². The van der Waals surface area contributed by atoms with Gasteiger partial charge in [0.25, 0.3) is 0 Å². The van der Waals surface area contributed by atoms with Gasteiger partial charge in [-0.1, -0.05) is 167 Å². The second-order valence-corrected chi connectivity index (χ2v) is 14.7. The van der Waals surface area contributed by atoms with E-state index in [4.69, 9.17) is 21.7 Å². The van der Waals surface area contributed by atoms with E-state index >= 15 is 0 Å². The van der Waals surface area contributed by atoms with Crippen LogP contribution in [0.25, 0.3) is 0 Å². The van der Waals surface area contributed by atoms with E-state index in [1.165, 1.54) is 135 Å². The molecule has 8 unspecified atom stereocenters. The van der Waals surface area contributed by atoms with Crippen molar-refractivity contribution in [3.63, 3.8) is 0 Å². The number of hydrogen-bond acceptors (Lipinski definition) is 9. The van der Waals surface area contributed by atoms with Crippen molar-refractivity contribution in [1.29, 1.82) is 0 Å². The number of thiocarbonyl (C=S) groups is 1. The summed E-state index contributed by atoms with van der Waals surface area (Å²) in [5.74, 6) is 0. The van der Waals surface area contributed by atoms with E-state index in [0.29, 0.717) is 17.8 Å². The van der Waals surface area contributed by atoms with Crippen molar-refractivity contribution in [3.8, 4) is 0 Å². The summed E-state index contributed by atoms with van der Waals surface area (Å²) in [6.07, 6.45) is 22.7. The summed E-state index contributed by atoms with van der Waals surface area (Å²) in [5, 5.41) is 63.7. The van der Waals surface area contributed by atoms with Crippen LogP contribution in [0.4, 0.5) is 0 Å². The second kappa shape index (κ2) is 30.2. The lowest BCUT2D eigenvalue weighted by Gasteiger charge is -2.40. The maximum Gasteiger partial charge on any atom is 0.186 e. The summed E-state index contributed by atoms with van der Waals surface area (Å²) in [6.45, 7) is 3.29. The maximum atomic E-state index is 10.7. The Hall–Kier alpha value is -0.430. The third kappa shape index (κ3) is 21.1. The van der Waals surface area contributed by atoms with Crippen molar-refractivity contribution < 1.29 is 40.1 Å². The van der Waals surface area contributed by atoms with Gasteiger partial charge in [-0.05, 0) is 19.3 Å². The summed E-state index contributed by atoms with van der Waals surface area (Å²) in [6, 6.07) is -0.774. The number of hydrogen-bond donors (Lipinski definition) is 7. The van der Waals surface area contributed by atoms with Crippen LogP contribution in [-0.2, 0) is 9.47 Å². The SMILES string of the molecule is CCCCCCCCCCCCCCCCCCCCCCCCCC(=S)NC(COC1OC(CO)C(O)C(O)C1O)C(O)C(O)CC. The molecule has 0 bridgehead atoms. The molecule has 0 aromatic carbocycles. The van der Waals surface area contributed by atoms with Crippen LogP contribution in [0.15, 0.2) is 0 Å². The largest absolute Gasteiger partial charge is 0.394 e. The molecule has 48 heavy (non-hydrogen) atoms. The summed E-state index contributed by atoms with van der Waals surface area (Å²) in [7, 11) is 0. The van der Waals surface area contributed by atoms with Gasteiger partial charge in [0.2, 0.25) is 0 Å². The smallest absolute Gasteiger partial charge is 0.186 e. The zero-order chi connectivity index (χ0) is 35.4. The minimum atomic E-state index is -1.56. The summed E-state index contributed by atoms with van der Waals surface area (Å²) in [5.41, 5.74) is 0. The molecule has 8 atom stereocenters. The second-order valence-electron chi connectivity index (χ2n) is 14.2. The lowest BCUT2D eigenvalue weighted by Crippen LogP contribution is -2.60. The van der Waals surface area contributed by atoms with Gasteiger partial charge in [-0.25, -0.2) is 0 Å². The summed E-state index contributed by atoms with van der Waals surface area (Å²) >= 11 is 5.52. The summed E-state index contributed by atoms with van der Waals surface area (Å²) in [4.78, 5) is 0.559. The number of ether oxygens (including phenoxy) is 2. The Labute approximate surface area is 298 Å². The monoisotopic (exact) mass is 706 g/mol. The zero-order valence-corrected chi connectivity index (χ0v) is 31.4. The molecule has 0 aromatic rings. The highest BCUT2D eigenvalue weighted by molar-refractivity contribution is 7.80. The first-order valence-corrected chi connectivity index (χ1v) is 20.2. The molecule has 1 aliphatic heterocycles. The van der Waals surface area contributed by atoms with Gasteiger partial charge in [-0.3, -0.25) is 0 Å². The van der Waals surface area contributed by atoms with Gasteiger partial charge < -0.3 is 45.4 Å². The van der Waals surface area contributed by atoms with E-state index in [1.54, 1.807) is 6.92 Å².